The van der Waals surface area contributed by atoms with Gasteiger partial charge in [-0.2, -0.15) is 0 Å². The van der Waals surface area contributed by atoms with Gasteiger partial charge in [-0.3, -0.25) is 0 Å². The Morgan fingerprint density at radius 3 is 2.12 bits per heavy atom. The van der Waals surface area contributed by atoms with Gasteiger partial charge in [0, 0.05) is 16.1 Å². The molecule has 2 rings (SSSR count). The summed E-state index contributed by atoms with van der Waals surface area (Å²) < 4.78 is 0. The minimum Gasteiger partial charge on any atom is -0.506 e. The van der Waals surface area contributed by atoms with Gasteiger partial charge in [0.25, 0.3) is 0 Å². The molecule has 2 aromatic rings. The first-order valence-corrected chi connectivity index (χ1v) is 5.66. The van der Waals surface area contributed by atoms with Gasteiger partial charge in [0.2, 0.25) is 0 Å². The van der Waals surface area contributed by atoms with Gasteiger partial charge in [-0.05, 0) is 18.2 Å². The van der Waals surface area contributed by atoms with E-state index < -0.39 is 0 Å². The van der Waals surface area contributed by atoms with E-state index >= 15 is 0 Å². The van der Waals surface area contributed by atoms with E-state index in [1.54, 1.807) is 12.1 Å². The van der Waals surface area contributed by atoms with Crippen LogP contribution in [0, 0.1) is 0 Å². The van der Waals surface area contributed by atoms with Gasteiger partial charge >= 0.3 is 0 Å². The van der Waals surface area contributed by atoms with Crippen LogP contribution in [0.1, 0.15) is 0 Å². The number of rotatable bonds is 1. The second-order valence-corrected chi connectivity index (χ2v) is 4.40. The van der Waals surface area contributed by atoms with Crippen LogP contribution in [0.2, 0.25) is 15.1 Å². The third-order valence-corrected chi connectivity index (χ3v) is 3.43. The predicted molar refractivity (Wildman–Crippen MR) is 68.6 cm³/mol. The van der Waals surface area contributed by atoms with Crippen molar-refractivity contribution >= 4 is 34.8 Å². The van der Waals surface area contributed by atoms with Gasteiger partial charge in [0.15, 0.2) is 0 Å². The number of phenolic OH excluding ortho intramolecular Hbond substituents is 1. The number of benzene rings is 2. The molecule has 0 saturated heterocycles. The fourth-order valence-electron chi connectivity index (χ4n) is 1.43. The summed E-state index contributed by atoms with van der Waals surface area (Å²) in [5.41, 5.74) is 1.49. The molecular formula is C12H7Cl3O. The lowest BCUT2D eigenvalue weighted by atomic mass is 10.1. The summed E-state index contributed by atoms with van der Waals surface area (Å²) in [6, 6.07) is 10.5. The van der Waals surface area contributed by atoms with Crippen LogP contribution >= 0.6 is 34.8 Å². The maximum atomic E-state index is 9.39. The van der Waals surface area contributed by atoms with Crippen LogP contribution in [0.4, 0.5) is 0 Å². The van der Waals surface area contributed by atoms with E-state index in [0.29, 0.717) is 15.6 Å². The molecule has 4 heteroatoms. The zero-order valence-corrected chi connectivity index (χ0v) is 10.3. The highest BCUT2D eigenvalue weighted by atomic mass is 35.5. The molecule has 0 aromatic heterocycles. The van der Waals surface area contributed by atoms with E-state index in [9.17, 15) is 5.11 Å². The molecule has 0 aliphatic carbocycles. The molecule has 0 bridgehead atoms. The summed E-state index contributed by atoms with van der Waals surface area (Å²) in [4.78, 5) is 0. The molecule has 0 saturated carbocycles. The lowest BCUT2D eigenvalue weighted by Crippen LogP contribution is -1.82. The lowest BCUT2D eigenvalue weighted by Gasteiger charge is -2.08. The summed E-state index contributed by atoms with van der Waals surface area (Å²) in [6.45, 7) is 0. The summed E-state index contributed by atoms with van der Waals surface area (Å²) in [6.07, 6.45) is 0. The van der Waals surface area contributed by atoms with Gasteiger partial charge in [0.05, 0.1) is 5.02 Å². The van der Waals surface area contributed by atoms with Crippen molar-refractivity contribution in [3.8, 4) is 16.9 Å². The van der Waals surface area contributed by atoms with Crippen molar-refractivity contribution < 1.29 is 5.11 Å². The average Bonchev–Trinajstić information content (AvgIpc) is 2.28. The number of aromatic hydroxyl groups is 1. The molecule has 82 valence electrons. The minimum atomic E-state index is -0.0394. The zero-order chi connectivity index (χ0) is 11.7. The highest BCUT2D eigenvalue weighted by molar-refractivity contribution is 6.45. The summed E-state index contributed by atoms with van der Waals surface area (Å²) in [5.74, 6) is -0.0394. The largest absolute Gasteiger partial charge is 0.506 e. The number of hydrogen-bond donors (Lipinski definition) is 1. The Kier molecular flexibility index (Phi) is 3.29. The number of halogens is 3. The summed E-state index contributed by atoms with van der Waals surface area (Å²) in [5, 5.41) is 10.4. The first-order valence-electron chi connectivity index (χ1n) is 4.53. The SMILES string of the molecule is Oc1ccc(-c2ccccc2Cl)c(Cl)c1Cl. The molecule has 0 amide bonds. The molecule has 0 heterocycles. The number of phenols is 1. The molecule has 16 heavy (non-hydrogen) atoms. The molecule has 1 N–H and O–H groups in total. The highest BCUT2D eigenvalue weighted by Gasteiger charge is 2.12. The van der Waals surface area contributed by atoms with Crippen LogP contribution in [0.3, 0.4) is 0 Å². The molecule has 0 atom stereocenters. The second kappa shape index (κ2) is 4.54. The smallest absolute Gasteiger partial charge is 0.135 e. The van der Waals surface area contributed by atoms with Crippen LogP contribution < -0.4 is 0 Å². The van der Waals surface area contributed by atoms with Crippen LogP contribution in [-0.2, 0) is 0 Å². The number of hydrogen-bond acceptors (Lipinski definition) is 1. The molecule has 0 unspecified atom stereocenters. The Hall–Kier alpha value is -0.890. The van der Waals surface area contributed by atoms with E-state index in [1.807, 2.05) is 18.2 Å². The normalized spacial score (nSPS) is 10.4. The van der Waals surface area contributed by atoms with Crippen LogP contribution in [0.15, 0.2) is 36.4 Å². The fourth-order valence-corrected chi connectivity index (χ4v) is 2.09. The average molecular weight is 274 g/mol. The maximum absolute atomic E-state index is 9.39. The van der Waals surface area contributed by atoms with Crippen molar-refractivity contribution in [1.29, 1.82) is 0 Å². The van der Waals surface area contributed by atoms with Gasteiger partial charge in [-0.25, -0.2) is 0 Å². The monoisotopic (exact) mass is 272 g/mol. The van der Waals surface area contributed by atoms with Crippen LogP contribution in [-0.4, -0.2) is 5.11 Å². The predicted octanol–water partition coefficient (Wildman–Crippen LogP) is 5.02. The van der Waals surface area contributed by atoms with Crippen molar-refractivity contribution in [3.05, 3.63) is 51.5 Å². The Labute approximate surface area is 108 Å². The quantitative estimate of drug-likeness (QED) is 0.773. The topological polar surface area (TPSA) is 20.2 Å². The van der Waals surface area contributed by atoms with E-state index in [2.05, 4.69) is 0 Å². The van der Waals surface area contributed by atoms with Crippen molar-refractivity contribution in [2.45, 2.75) is 0 Å². The summed E-state index contributed by atoms with van der Waals surface area (Å²) >= 11 is 18.0. The highest BCUT2D eigenvalue weighted by Crippen LogP contribution is 2.40. The molecule has 0 radical (unpaired) electrons. The first kappa shape index (κ1) is 11.6. The lowest BCUT2D eigenvalue weighted by molar-refractivity contribution is 0.475. The first-order chi connectivity index (χ1) is 7.61. The zero-order valence-electron chi connectivity index (χ0n) is 8.05. The van der Waals surface area contributed by atoms with Crippen LogP contribution in [0.25, 0.3) is 11.1 Å². The van der Waals surface area contributed by atoms with Gasteiger partial charge in [-0.15, -0.1) is 0 Å². The van der Waals surface area contributed by atoms with Crippen LogP contribution in [0.5, 0.6) is 5.75 Å². The standard InChI is InChI=1S/C12H7Cl3O/c13-9-4-2-1-3-7(9)8-5-6-10(16)12(15)11(8)14/h1-6,16H. The van der Waals surface area contributed by atoms with E-state index in [0.717, 1.165) is 5.56 Å². The van der Waals surface area contributed by atoms with Gasteiger partial charge < -0.3 is 5.11 Å². The third-order valence-electron chi connectivity index (χ3n) is 2.23. The Morgan fingerprint density at radius 2 is 1.44 bits per heavy atom. The molecular weight excluding hydrogens is 266 g/mol. The molecule has 0 fully saturated rings. The van der Waals surface area contributed by atoms with Crippen molar-refractivity contribution in [2.75, 3.05) is 0 Å². The summed E-state index contributed by atoms with van der Waals surface area (Å²) in [7, 11) is 0. The molecule has 0 aliphatic heterocycles. The fraction of sp³-hybridized carbons (Fsp3) is 0. The minimum absolute atomic E-state index is 0.0394. The Bertz CT molecular complexity index is 538. The molecule has 2 aromatic carbocycles. The van der Waals surface area contributed by atoms with Gasteiger partial charge in [0.1, 0.15) is 10.8 Å². The Morgan fingerprint density at radius 1 is 0.750 bits per heavy atom. The van der Waals surface area contributed by atoms with Gasteiger partial charge in [-0.1, -0.05) is 53.0 Å². The van der Waals surface area contributed by atoms with E-state index in [4.69, 9.17) is 34.8 Å². The van der Waals surface area contributed by atoms with Crippen molar-refractivity contribution in [3.63, 3.8) is 0 Å². The van der Waals surface area contributed by atoms with Crippen molar-refractivity contribution in [1.82, 2.24) is 0 Å². The van der Waals surface area contributed by atoms with Crippen molar-refractivity contribution in [2.24, 2.45) is 0 Å². The molecule has 1 nitrogen and oxygen atoms in total. The second-order valence-electron chi connectivity index (χ2n) is 3.24. The Balaban J connectivity index is 2.66. The van der Waals surface area contributed by atoms with E-state index in [-0.39, 0.29) is 10.8 Å². The molecule has 0 spiro atoms. The maximum Gasteiger partial charge on any atom is 0.135 e. The molecule has 0 aliphatic rings. The third kappa shape index (κ3) is 1.99. The van der Waals surface area contributed by atoms with E-state index in [1.165, 1.54) is 6.07 Å².